The van der Waals surface area contributed by atoms with Crippen LogP contribution < -0.4 is 0 Å². The van der Waals surface area contributed by atoms with Gasteiger partial charge in [0.1, 0.15) is 5.69 Å². The molecule has 0 unspecified atom stereocenters. The SMILES string of the molecule is C=Cc1ccc(COCc2nc(C3=CC=CCC3)oc2-c2ccccc2)cc1. The van der Waals surface area contributed by atoms with Gasteiger partial charge < -0.3 is 9.15 Å². The monoisotopic (exact) mass is 369 g/mol. The lowest BCUT2D eigenvalue weighted by molar-refractivity contribution is 0.105. The van der Waals surface area contributed by atoms with Gasteiger partial charge >= 0.3 is 0 Å². The van der Waals surface area contributed by atoms with Crippen molar-refractivity contribution in [2.24, 2.45) is 0 Å². The van der Waals surface area contributed by atoms with E-state index in [1.54, 1.807) is 0 Å². The quantitative estimate of drug-likeness (QED) is 0.481. The highest BCUT2D eigenvalue weighted by atomic mass is 16.5. The average molecular weight is 369 g/mol. The van der Waals surface area contributed by atoms with Crippen LogP contribution in [-0.4, -0.2) is 4.98 Å². The van der Waals surface area contributed by atoms with Gasteiger partial charge in [0, 0.05) is 11.1 Å². The van der Waals surface area contributed by atoms with Gasteiger partial charge in [-0.05, 0) is 24.0 Å². The molecule has 3 aromatic rings. The Morgan fingerprint density at radius 1 is 1.04 bits per heavy atom. The van der Waals surface area contributed by atoms with Crippen LogP contribution in [0.1, 0.15) is 35.6 Å². The molecule has 140 valence electrons. The Labute approximate surface area is 165 Å². The number of ether oxygens (including phenoxy) is 1. The fourth-order valence-corrected chi connectivity index (χ4v) is 3.20. The molecule has 28 heavy (non-hydrogen) atoms. The highest BCUT2D eigenvalue weighted by Gasteiger charge is 2.18. The zero-order chi connectivity index (χ0) is 19.2. The summed E-state index contributed by atoms with van der Waals surface area (Å²) in [7, 11) is 0. The summed E-state index contributed by atoms with van der Waals surface area (Å²) < 4.78 is 12.1. The van der Waals surface area contributed by atoms with Crippen LogP contribution in [0.2, 0.25) is 0 Å². The Balaban J connectivity index is 1.54. The van der Waals surface area contributed by atoms with Crippen molar-refractivity contribution in [3.05, 3.63) is 102 Å². The number of aromatic nitrogens is 1. The Morgan fingerprint density at radius 3 is 2.57 bits per heavy atom. The molecule has 1 heterocycles. The number of nitrogens with zero attached hydrogens (tertiary/aromatic N) is 1. The number of rotatable bonds is 7. The van der Waals surface area contributed by atoms with Crippen LogP contribution in [0.25, 0.3) is 23.0 Å². The first-order valence-electron chi connectivity index (χ1n) is 9.54. The normalized spacial score (nSPS) is 13.4. The van der Waals surface area contributed by atoms with Crippen molar-refractivity contribution < 1.29 is 9.15 Å². The van der Waals surface area contributed by atoms with Crippen molar-refractivity contribution in [1.29, 1.82) is 0 Å². The summed E-state index contributed by atoms with van der Waals surface area (Å²) in [5.74, 6) is 1.48. The van der Waals surface area contributed by atoms with E-state index in [0.717, 1.165) is 46.6 Å². The van der Waals surface area contributed by atoms with E-state index in [0.29, 0.717) is 19.1 Å². The fourth-order valence-electron chi connectivity index (χ4n) is 3.20. The van der Waals surface area contributed by atoms with Crippen LogP contribution in [-0.2, 0) is 18.0 Å². The highest BCUT2D eigenvalue weighted by Crippen LogP contribution is 2.31. The van der Waals surface area contributed by atoms with Crippen LogP contribution in [0.3, 0.4) is 0 Å². The van der Waals surface area contributed by atoms with Crippen molar-refractivity contribution in [1.82, 2.24) is 4.98 Å². The molecule has 1 aliphatic rings. The molecule has 0 N–H and O–H groups in total. The molecule has 0 fully saturated rings. The molecule has 0 aliphatic heterocycles. The van der Waals surface area contributed by atoms with Crippen LogP contribution in [0.15, 0.2) is 83.8 Å². The first-order chi connectivity index (χ1) is 13.8. The Bertz CT molecular complexity index is 995. The number of allylic oxidation sites excluding steroid dienone is 4. The molecule has 1 aliphatic carbocycles. The van der Waals surface area contributed by atoms with Crippen molar-refractivity contribution in [3.8, 4) is 11.3 Å². The molecule has 3 heteroatoms. The number of benzene rings is 2. The lowest BCUT2D eigenvalue weighted by Gasteiger charge is -2.05. The summed E-state index contributed by atoms with van der Waals surface area (Å²) in [6, 6.07) is 18.3. The number of hydrogen-bond donors (Lipinski definition) is 0. The van der Waals surface area contributed by atoms with Crippen LogP contribution in [0.5, 0.6) is 0 Å². The second-order valence-electron chi connectivity index (χ2n) is 6.76. The summed E-state index contributed by atoms with van der Waals surface area (Å²) in [5, 5.41) is 0. The van der Waals surface area contributed by atoms with Gasteiger partial charge in [-0.3, -0.25) is 0 Å². The predicted octanol–water partition coefficient (Wildman–Crippen LogP) is 6.43. The minimum absolute atomic E-state index is 0.403. The summed E-state index contributed by atoms with van der Waals surface area (Å²) >= 11 is 0. The second kappa shape index (κ2) is 8.68. The van der Waals surface area contributed by atoms with Gasteiger partial charge in [0.2, 0.25) is 5.89 Å². The minimum atomic E-state index is 0.403. The third-order valence-corrected chi connectivity index (χ3v) is 4.74. The third-order valence-electron chi connectivity index (χ3n) is 4.74. The van der Waals surface area contributed by atoms with Gasteiger partial charge in [-0.1, -0.05) is 85.5 Å². The van der Waals surface area contributed by atoms with Gasteiger partial charge in [-0.2, -0.15) is 0 Å². The molecule has 2 aromatic carbocycles. The number of oxazole rings is 1. The van der Waals surface area contributed by atoms with Gasteiger partial charge in [0.25, 0.3) is 0 Å². The number of hydrogen-bond acceptors (Lipinski definition) is 3. The molecule has 0 spiro atoms. The maximum atomic E-state index is 6.17. The Morgan fingerprint density at radius 2 is 1.86 bits per heavy atom. The Kier molecular flexibility index (Phi) is 5.64. The van der Waals surface area contributed by atoms with Crippen molar-refractivity contribution in [3.63, 3.8) is 0 Å². The molecule has 0 amide bonds. The fraction of sp³-hybridized carbons (Fsp3) is 0.160. The van der Waals surface area contributed by atoms with Gasteiger partial charge in [-0.15, -0.1) is 0 Å². The van der Waals surface area contributed by atoms with Crippen LogP contribution in [0.4, 0.5) is 0 Å². The summed E-state index contributed by atoms with van der Waals surface area (Å²) in [6.07, 6.45) is 10.1. The van der Waals surface area contributed by atoms with Gasteiger partial charge in [0.15, 0.2) is 5.76 Å². The molecule has 1 aromatic heterocycles. The molecule has 0 bridgehead atoms. The smallest absolute Gasteiger partial charge is 0.223 e. The minimum Gasteiger partial charge on any atom is -0.436 e. The molecule has 0 atom stereocenters. The summed E-state index contributed by atoms with van der Waals surface area (Å²) in [5.41, 5.74) is 5.20. The first-order valence-corrected chi connectivity index (χ1v) is 9.54. The molecular weight excluding hydrogens is 346 g/mol. The Hall–Kier alpha value is -3.17. The van der Waals surface area contributed by atoms with Gasteiger partial charge in [0.05, 0.1) is 13.2 Å². The molecule has 0 radical (unpaired) electrons. The van der Waals surface area contributed by atoms with E-state index in [1.807, 2.05) is 48.5 Å². The van der Waals surface area contributed by atoms with E-state index in [9.17, 15) is 0 Å². The lowest BCUT2D eigenvalue weighted by Crippen LogP contribution is -1.97. The summed E-state index contributed by atoms with van der Waals surface area (Å²) in [4.78, 5) is 4.76. The lowest BCUT2D eigenvalue weighted by atomic mass is 10.1. The first kappa shape index (κ1) is 18.2. The van der Waals surface area contributed by atoms with E-state index < -0.39 is 0 Å². The molecule has 0 saturated carbocycles. The van der Waals surface area contributed by atoms with Gasteiger partial charge in [-0.25, -0.2) is 4.98 Å². The van der Waals surface area contributed by atoms with E-state index in [2.05, 4.69) is 36.9 Å². The van der Waals surface area contributed by atoms with Crippen molar-refractivity contribution in [2.75, 3.05) is 0 Å². The maximum Gasteiger partial charge on any atom is 0.223 e. The highest BCUT2D eigenvalue weighted by molar-refractivity contribution is 5.66. The zero-order valence-corrected chi connectivity index (χ0v) is 15.8. The molecule has 0 saturated heterocycles. The largest absolute Gasteiger partial charge is 0.436 e. The van der Waals surface area contributed by atoms with E-state index in [-0.39, 0.29) is 0 Å². The van der Waals surface area contributed by atoms with E-state index >= 15 is 0 Å². The molecular formula is C25H23NO2. The standard InChI is InChI=1S/C25H23NO2/c1-2-19-13-15-20(16-14-19)17-27-18-23-24(21-9-5-3-6-10-21)28-25(26-23)22-11-7-4-8-12-22/h2-7,9-11,13-16H,1,8,12,17-18H2. The predicted molar refractivity (Wildman–Crippen MR) is 113 cm³/mol. The van der Waals surface area contributed by atoms with Crippen molar-refractivity contribution in [2.45, 2.75) is 26.1 Å². The maximum absolute atomic E-state index is 6.17. The zero-order valence-electron chi connectivity index (χ0n) is 15.8. The topological polar surface area (TPSA) is 35.3 Å². The van der Waals surface area contributed by atoms with Crippen LogP contribution >= 0.6 is 0 Å². The molecule has 4 rings (SSSR count). The van der Waals surface area contributed by atoms with Crippen molar-refractivity contribution >= 4 is 11.6 Å². The van der Waals surface area contributed by atoms with Crippen LogP contribution in [0, 0.1) is 0 Å². The average Bonchev–Trinajstić information content (AvgIpc) is 3.20. The summed E-state index contributed by atoms with van der Waals surface area (Å²) in [6.45, 7) is 4.71. The molecule has 3 nitrogen and oxygen atoms in total. The third kappa shape index (κ3) is 4.21. The van der Waals surface area contributed by atoms with E-state index in [4.69, 9.17) is 14.1 Å². The van der Waals surface area contributed by atoms with E-state index in [1.165, 1.54) is 0 Å². The second-order valence-corrected chi connectivity index (χ2v) is 6.76.